The van der Waals surface area contributed by atoms with Gasteiger partial charge in [0.2, 0.25) is 5.91 Å². The Bertz CT molecular complexity index is 1330. The van der Waals surface area contributed by atoms with Crippen molar-refractivity contribution in [2.24, 2.45) is 0 Å². The quantitative estimate of drug-likeness (QED) is 0.325. The lowest BCUT2D eigenvalue weighted by molar-refractivity contribution is -0.222. The maximum atomic E-state index is 13.5. The van der Waals surface area contributed by atoms with Gasteiger partial charge in [-0.15, -0.1) is 6.58 Å². The van der Waals surface area contributed by atoms with Crippen LogP contribution < -0.4 is 4.74 Å². The molecule has 6 rings (SSSR count). The van der Waals surface area contributed by atoms with Gasteiger partial charge in [-0.05, 0) is 55.9 Å². The van der Waals surface area contributed by atoms with Crippen molar-refractivity contribution in [3.05, 3.63) is 83.4 Å². The summed E-state index contributed by atoms with van der Waals surface area (Å²) >= 11 is 0. The number of amides is 1. The number of hydrogen-bond donors (Lipinski definition) is 0. The van der Waals surface area contributed by atoms with E-state index in [2.05, 4.69) is 29.7 Å². The van der Waals surface area contributed by atoms with E-state index in [-0.39, 0.29) is 30.1 Å². The smallest absolute Gasteiger partial charge is 0.303 e. The first-order chi connectivity index (χ1) is 18.3. The molecule has 0 aromatic heterocycles. The third-order valence-corrected chi connectivity index (χ3v) is 9.40. The molecule has 2 bridgehead atoms. The number of nitrogens with zero attached hydrogens (tertiary/aromatic N) is 2. The van der Waals surface area contributed by atoms with Crippen molar-refractivity contribution in [2.75, 3.05) is 20.1 Å². The molecule has 38 heavy (non-hydrogen) atoms. The molecule has 2 aliphatic carbocycles. The summed E-state index contributed by atoms with van der Waals surface area (Å²) in [7, 11) is 1.88. The Morgan fingerprint density at radius 1 is 1.24 bits per heavy atom. The number of benzene rings is 2. The highest BCUT2D eigenvalue weighted by Crippen LogP contribution is 2.65. The first kappa shape index (κ1) is 24.9. The topological polar surface area (TPSA) is 59.1 Å². The lowest BCUT2D eigenvalue weighted by Gasteiger charge is -2.65. The number of esters is 1. The van der Waals surface area contributed by atoms with Crippen LogP contribution in [0.3, 0.4) is 0 Å². The van der Waals surface area contributed by atoms with E-state index >= 15 is 0 Å². The fourth-order valence-corrected chi connectivity index (χ4v) is 8.01. The van der Waals surface area contributed by atoms with Crippen molar-refractivity contribution in [3.63, 3.8) is 0 Å². The van der Waals surface area contributed by atoms with E-state index in [1.807, 2.05) is 55.3 Å². The molecule has 0 N–H and O–H groups in total. The van der Waals surface area contributed by atoms with Crippen LogP contribution in [-0.2, 0) is 26.2 Å². The number of carbonyl (C=O) groups is 2. The van der Waals surface area contributed by atoms with Crippen molar-refractivity contribution in [2.45, 2.75) is 68.7 Å². The average molecular weight is 513 g/mol. The van der Waals surface area contributed by atoms with Gasteiger partial charge in [0.15, 0.2) is 0 Å². The summed E-state index contributed by atoms with van der Waals surface area (Å²) in [4.78, 5) is 30.4. The van der Waals surface area contributed by atoms with Crippen LogP contribution in [0.1, 0.15) is 48.4 Å². The minimum absolute atomic E-state index is 0.0354. The molecule has 2 aliphatic heterocycles. The Balaban J connectivity index is 1.41. The molecule has 1 saturated heterocycles. The van der Waals surface area contributed by atoms with Gasteiger partial charge in [0.05, 0.1) is 17.5 Å². The fraction of sp³-hybridized carbons (Fsp3) is 0.438. The SMILES string of the molecule is C=CCN1CC[C@]23c4c5cccc4O[C@H]2[C@H](N(C)C(=O)C=Cc2cccc(C)c2)CC[C@@]3(OC(C)=O)[C@H]1C5. The molecular formula is C32H36N2O4. The predicted molar refractivity (Wildman–Crippen MR) is 147 cm³/mol. The van der Waals surface area contributed by atoms with E-state index in [4.69, 9.17) is 9.47 Å². The minimum Gasteiger partial charge on any atom is -0.487 e. The zero-order chi connectivity index (χ0) is 26.7. The molecule has 6 nitrogen and oxygen atoms in total. The van der Waals surface area contributed by atoms with Crippen molar-refractivity contribution in [1.82, 2.24) is 9.80 Å². The second-order valence-electron chi connectivity index (χ2n) is 11.3. The summed E-state index contributed by atoms with van der Waals surface area (Å²) in [6.45, 7) is 9.16. The molecule has 198 valence electrons. The molecule has 4 aliphatic rings. The van der Waals surface area contributed by atoms with Crippen LogP contribution in [0.5, 0.6) is 5.75 Å². The summed E-state index contributed by atoms with van der Waals surface area (Å²) < 4.78 is 13.3. The number of hydrogen-bond acceptors (Lipinski definition) is 5. The number of rotatable bonds is 6. The fourth-order valence-electron chi connectivity index (χ4n) is 8.01. The van der Waals surface area contributed by atoms with Gasteiger partial charge in [-0.2, -0.15) is 0 Å². The van der Waals surface area contributed by atoms with Crippen LogP contribution in [-0.4, -0.2) is 65.6 Å². The molecule has 0 unspecified atom stereocenters. The van der Waals surface area contributed by atoms with Crippen LogP contribution in [0.25, 0.3) is 6.08 Å². The monoisotopic (exact) mass is 512 g/mol. The van der Waals surface area contributed by atoms with Crippen LogP contribution >= 0.6 is 0 Å². The zero-order valence-corrected chi connectivity index (χ0v) is 22.5. The van der Waals surface area contributed by atoms with Crippen LogP contribution in [0.4, 0.5) is 0 Å². The van der Waals surface area contributed by atoms with Crippen LogP contribution in [0.2, 0.25) is 0 Å². The Morgan fingerprint density at radius 2 is 2.05 bits per heavy atom. The van der Waals surface area contributed by atoms with E-state index in [0.29, 0.717) is 12.8 Å². The summed E-state index contributed by atoms with van der Waals surface area (Å²) in [5.74, 6) is 0.567. The van der Waals surface area contributed by atoms with E-state index in [1.54, 1.807) is 6.08 Å². The number of piperidine rings is 1. The summed E-state index contributed by atoms with van der Waals surface area (Å²) in [6.07, 6.45) is 8.17. The number of carbonyl (C=O) groups excluding carboxylic acids is 2. The van der Waals surface area contributed by atoms with Gasteiger partial charge in [0.25, 0.3) is 0 Å². The van der Waals surface area contributed by atoms with Crippen molar-refractivity contribution < 1.29 is 19.1 Å². The summed E-state index contributed by atoms with van der Waals surface area (Å²) in [5, 5.41) is 0. The van der Waals surface area contributed by atoms with Gasteiger partial charge in [0, 0.05) is 38.7 Å². The van der Waals surface area contributed by atoms with Gasteiger partial charge in [-0.3, -0.25) is 14.5 Å². The Labute approximate surface area is 224 Å². The third kappa shape index (κ3) is 3.49. The Kier molecular flexibility index (Phi) is 5.98. The summed E-state index contributed by atoms with van der Waals surface area (Å²) in [5.41, 5.74) is 3.41. The average Bonchev–Trinajstić information content (AvgIpc) is 3.23. The molecule has 5 atom stereocenters. The van der Waals surface area contributed by atoms with E-state index in [9.17, 15) is 9.59 Å². The van der Waals surface area contributed by atoms with Gasteiger partial charge < -0.3 is 14.4 Å². The molecule has 2 aromatic rings. The van der Waals surface area contributed by atoms with Crippen molar-refractivity contribution in [1.29, 1.82) is 0 Å². The highest BCUT2D eigenvalue weighted by atomic mass is 16.6. The predicted octanol–water partition coefficient (Wildman–Crippen LogP) is 4.45. The lowest BCUT2D eigenvalue weighted by atomic mass is 9.48. The minimum atomic E-state index is -0.706. The van der Waals surface area contributed by atoms with Crippen molar-refractivity contribution in [3.8, 4) is 5.75 Å². The van der Waals surface area contributed by atoms with E-state index in [0.717, 1.165) is 42.8 Å². The third-order valence-electron chi connectivity index (χ3n) is 9.40. The Morgan fingerprint density at radius 3 is 2.82 bits per heavy atom. The number of ether oxygens (including phenoxy) is 2. The maximum absolute atomic E-state index is 13.5. The maximum Gasteiger partial charge on any atom is 0.303 e. The van der Waals surface area contributed by atoms with Crippen LogP contribution in [0.15, 0.2) is 61.2 Å². The molecule has 0 radical (unpaired) electrons. The normalized spacial score (nSPS) is 30.9. The second kappa shape index (κ2) is 9.12. The van der Waals surface area contributed by atoms with Crippen molar-refractivity contribution >= 4 is 18.0 Å². The summed E-state index contributed by atoms with van der Waals surface area (Å²) in [6, 6.07) is 14.3. The van der Waals surface area contributed by atoms with Gasteiger partial charge in [0.1, 0.15) is 17.5 Å². The van der Waals surface area contributed by atoms with E-state index in [1.165, 1.54) is 18.1 Å². The zero-order valence-electron chi connectivity index (χ0n) is 22.5. The molecule has 6 heteroatoms. The van der Waals surface area contributed by atoms with E-state index < -0.39 is 11.0 Å². The highest BCUT2D eigenvalue weighted by molar-refractivity contribution is 5.92. The highest BCUT2D eigenvalue weighted by Gasteiger charge is 2.75. The molecule has 1 saturated carbocycles. The first-order valence-corrected chi connectivity index (χ1v) is 13.7. The first-order valence-electron chi connectivity index (χ1n) is 13.7. The Hall–Kier alpha value is -3.38. The largest absolute Gasteiger partial charge is 0.487 e. The number of aryl methyl sites for hydroxylation is 1. The van der Waals surface area contributed by atoms with Crippen LogP contribution in [0, 0.1) is 6.92 Å². The molecule has 2 fully saturated rings. The molecule has 1 amide bonds. The molecule has 1 spiro atoms. The molecule has 2 aromatic carbocycles. The lowest BCUT2D eigenvalue weighted by Crippen LogP contribution is -2.79. The molecular weight excluding hydrogens is 476 g/mol. The van der Waals surface area contributed by atoms with Gasteiger partial charge in [-0.25, -0.2) is 0 Å². The number of likely N-dealkylation sites (tertiary alicyclic amines) is 1. The van der Waals surface area contributed by atoms with Gasteiger partial charge >= 0.3 is 5.97 Å². The second-order valence-corrected chi connectivity index (χ2v) is 11.3. The number of likely N-dealkylation sites (N-methyl/N-ethyl adjacent to an activating group) is 1. The standard InChI is InChI=1S/C32H36N2O4/c1-5-17-34-18-16-31-29-24-10-7-11-26(29)37-30(31)25(14-15-32(31,27(34)20-24)38-22(3)35)33(4)28(36)13-12-23-9-6-8-21(2)19-23/h5-13,19,25,27,30H,1,14-18,20H2,2-4H3/t25-,27-,30+,31+,32-/m1/s1. The molecule has 2 heterocycles. The van der Waals surface area contributed by atoms with Gasteiger partial charge in [-0.1, -0.05) is 48.0 Å².